The molecule has 87 valence electrons. The Labute approximate surface area is 101 Å². The molecule has 2 aromatic carbocycles. The van der Waals surface area contributed by atoms with Crippen molar-refractivity contribution >= 4 is 0 Å². The van der Waals surface area contributed by atoms with Gasteiger partial charge in [-0.3, -0.25) is 0 Å². The summed E-state index contributed by atoms with van der Waals surface area (Å²) >= 11 is 0. The van der Waals surface area contributed by atoms with Gasteiger partial charge < -0.3 is 10.2 Å². The maximum Gasteiger partial charge on any atom is 0.127 e. The molecule has 0 unspecified atom stereocenters. The van der Waals surface area contributed by atoms with E-state index in [1.807, 2.05) is 32.0 Å². The van der Waals surface area contributed by atoms with E-state index >= 15 is 0 Å². The number of phenolic OH excluding ortho intramolecular Hbond substituents is 2. The highest BCUT2D eigenvalue weighted by Gasteiger charge is 2.07. The Kier molecular flexibility index (Phi) is 3.05. The van der Waals surface area contributed by atoms with E-state index < -0.39 is 0 Å². The summed E-state index contributed by atoms with van der Waals surface area (Å²) in [5.74, 6) is 0.410. The minimum Gasteiger partial charge on any atom is -0.508 e. The van der Waals surface area contributed by atoms with Crippen molar-refractivity contribution in [2.75, 3.05) is 0 Å². The Morgan fingerprint density at radius 2 is 1.71 bits per heavy atom. The Balaban J connectivity index is 2.37. The zero-order valence-corrected chi connectivity index (χ0v) is 9.99. The second-order valence-electron chi connectivity index (χ2n) is 4.36. The van der Waals surface area contributed by atoms with E-state index in [9.17, 15) is 10.2 Å². The fourth-order valence-corrected chi connectivity index (χ4v) is 1.86. The average Bonchev–Trinajstić information content (AvgIpc) is 2.28. The molecular weight excluding hydrogens is 212 g/mol. The van der Waals surface area contributed by atoms with Crippen LogP contribution in [0, 0.1) is 19.9 Å². The van der Waals surface area contributed by atoms with Crippen LogP contribution in [0.2, 0.25) is 0 Å². The van der Waals surface area contributed by atoms with Crippen molar-refractivity contribution in [2.45, 2.75) is 20.3 Å². The van der Waals surface area contributed by atoms with Crippen LogP contribution < -0.4 is 0 Å². The van der Waals surface area contributed by atoms with Crippen molar-refractivity contribution < 1.29 is 10.2 Å². The predicted octanol–water partition coefficient (Wildman–Crippen LogP) is 3.11. The molecule has 2 nitrogen and oxygen atoms in total. The third-order valence-corrected chi connectivity index (χ3v) is 2.76. The molecule has 0 amide bonds. The minimum atomic E-state index is 0.150. The van der Waals surface area contributed by atoms with Crippen LogP contribution in [0.25, 0.3) is 0 Å². The number of phenols is 2. The van der Waals surface area contributed by atoms with Crippen LogP contribution in [0.4, 0.5) is 0 Å². The number of aromatic hydroxyl groups is 2. The topological polar surface area (TPSA) is 40.5 Å². The van der Waals surface area contributed by atoms with E-state index in [1.54, 1.807) is 12.1 Å². The van der Waals surface area contributed by atoms with Gasteiger partial charge in [-0.25, -0.2) is 0 Å². The zero-order chi connectivity index (χ0) is 12.4. The lowest BCUT2D eigenvalue weighted by Crippen LogP contribution is -1.91. The molecule has 0 fully saturated rings. The third-order valence-electron chi connectivity index (χ3n) is 2.76. The fourth-order valence-electron chi connectivity index (χ4n) is 1.86. The van der Waals surface area contributed by atoms with E-state index in [0.29, 0.717) is 6.42 Å². The molecule has 0 atom stereocenters. The Morgan fingerprint density at radius 1 is 1.00 bits per heavy atom. The van der Waals surface area contributed by atoms with E-state index in [-0.39, 0.29) is 11.5 Å². The average molecular weight is 227 g/mol. The lowest BCUT2D eigenvalue weighted by Gasteiger charge is -2.08. The number of rotatable bonds is 2. The zero-order valence-electron chi connectivity index (χ0n) is 9.99. The predicted molar refractivity (Wildman–Crippen MR) is 67.3 cm³/mol. The number of aryl methyl sites for hydroxylation is 2. The van der Waals surface area contributed by atoms with Gasteiger partial charge in [-0.05, 0) is 42.7 Å². The van der Waals surface area contributed by atoms with Gasteiger partial charge in [0.05, 0.1) is 0 Å². The SMILES string of the molecule is Cc1c[c]c(O)c(Cc2cc(C)ccc2O)c1. The van der Waals surface area contributed by atoms with Crippen molar-refractivity contribution in [2.24, 2.45) is 0 Å². The summed E-state index contributed by atoms with van der Waals surface area (Å²) in [6.45, 7) is 3.93. The molecule has 2 aromatic rings. The van der Waals surface area contributed by atoms with Gasteiger partial charge in [0, 0.05) is 12.5 Å². The molecule has 0 saturated heterocycles. The number of hydrogen-bond acceptors (Lipinski definition) is 2. The molecule has 17 heavy (non-hydrogen) atoms. The Morgan fingerprint density at radius 3 is 2.47 bits per heavy atom. The summed E-state index contributed by atoms with van der Waals surface area (Å²) in [4.78, 5) is 0. The van der Waals surface area contributed by atoms with Gasteiger partial charge in [0.2, 0.25) is 0 Å². The van der Waals surface area contributed by atoms with Crippen LogP contribution in [-0.4, -0.2) is 10.2 Å². The van der Waals surface area contributed by atoms with Crippen molar-refractivity contribution in [3.8, 4) is 11.5 Å². The minimum absolute atomic E-state index is 0.150. The summed E-state index contributed by atoms with van der Waals surface area (Å²) in [6, 6.07) is 11.9. The van der Waals surface area contributed by atoms with Crippen molar-refractivity contribution in [1.82, 2.24) is 0 Å². The Hall–Kier alpha value is -1.96. The van der Waals surface area contributed by atoms with E-state index in [1.165, 1.54) is 0 Å². The van der Waals surface area contributed by atoms with Gasteiger partial charge in [-0.1, -0.05) is 23.8 Å². The summed E-state index contributed by atoms with van der Waals surface area (Å²) < 4.78 is 0. The quantitative estimate of drug-likeness (QED) is 0.827. The summed E-state index contributed by atoms with van der Waals surface area (Å²) in [7, 11) is 0. The Bertz CT molecular complexity index is 495. The van der Waals surface area contributed by atoms with Gasteiger partial charge in [0.15, 0.2) is 0 Å². The largest absolute Gasteiger partial charge is 0.508 e. The molecule has 2 heteroatoms. The van der Waals surface area contributed by atoms with E-state index in [0.717, 1.165) is 22.3 Å². The highest BCUT2D eigenvalue weighted by atomic mass is 16.3. The molecule has 0 saturated carbocycles. The first-order valence-electron chi connectivity index (χ1n) is 5.55. The first-order valence-corrected chi connectivity index (χ1v) is 5.55. The maximum atomic E-state index is 9.76. The van der Waals surface area contributed by atoms with Gasteiger partial charge in [-0.2, -0.15) is 0 Å². The number of hydrogen-bond donors (Lipinski definition) is 2. The highest BCUT2D eigenvalue weighted by molar-refractivity contribution is 5.43. The molecule has 0 aromatic heterocycles. The lowest BCUT2D eigenvalue weighted by molar-refractivity contribution is 0.462. The van der Waals surface area contributed by atoms with E-state index in [2.05, 4.69) is 6.07 Å². The maximum absolute atomic E-state index is 9.76. The summed E-state index contributed by atoms with van der Waals surface area (Å²) in [5.41, 5.74) is 3.74. The molecule has 0 aliphatic carbocycles. The van der Waals surface area contributed by atoms with Crippen molar-refractivity contribution in [3.05, 3.63) is 58.7 Å². The van der Waals surface area contributed by atoms with Crippen LogP contribution in [-0.2, 0) is 6.42 Å². The first-order chi connectivity index (χ1) is 8.06. The lowest BCUT2D eigenvalue weighted by atomic mass is 10.00. The molecule has 0 bridgehead atoms. The van der Waals surface area contributed by atoms with Crippen LogP contribution in [0.15, 0.2) is 30.3 Å². The van der Waals surface area contributed by atoms with Gasteiger partial charge >= 0.3 is 0 Å². The molecule has 2 rings (SSSR count). The summed E-state index contributed by atoms with van der Waals surface area (Å²) in [6.07, 6.45) is 0.511. The third kappa shape index (κ3) is 2.59. The van der Waals surface area contributed by atoms with Crippen LogP contribution in [0.5, 0.6) is 11.5 Å². The fraction of sp³-hybridized carbons (Fsp3) is 0.200. The normalized spacial score (nSPS) is 10.5. The molecule has 1 radical (unpaired) electrons. The molecular formula is C15H15O2. The van der Waals surface area contributed by atoms with E-state index in [4.69, 9.17) is 0 Å². The monoisotopic (exact) mass is 227 g/mol. The highest BCUT2D eigenvalue weighted by Crippen LogP contribution is 2.26. The van der Waals surface area contributed by atoms with Gasteiger partial charge in [-0.15, -0.1) is 0 Å². The number of benzene rings is 2. The molecule has 0 spiro atoms. The second-order valence-corrected chi connectivity index (χ2v) is 4.36. The van der Waals surface area contributed by atoms with Crippen LogP contribution >= 0.6 is 0 Å². The smallest absolute Gasteiger partial charge is 0.127 e. The van der Waals surface area contributed by atoms with Crippen molar-refractivity contribution in [3.63, 3.8) is 0 Å². The van der Waals surface area contributed by atoms with Gasteiger partial charge in [0.1, 0.15) is 11.5 Å². The summed E-state index contributed by atoms with van der Waals surface area (Å²) in [5, 5.41) is 19.5. The molecule has 0 aliphatic rings. The molecule has 2 N–H and O–H groups in total. The second kappa shape index (κ2) is 4.50. The van der Waals surface area contributed by atoms with Gasteiger partial charge in [0.25, 0.3) is 0 Å². The van der Waals surface area contributed by atoms with Crippen LogP contribution in [0.3, 0.4) is 0 Å². The standard InChI is InChI=1S/C15H15O2/c1-10-3-5-14(16)12(7-10)9-13-8-11(2)4-6-15(13)17/h3-5,7-8,16-17H,9H2,1-2H3. The van der Waals surface area contributed by atoms with Crippen molar-refractivity contribution in [1.29, 1.82) is 0 Å². The van der Waals surface area contributed by atoms with Crippen LogP contribution in [0.1, 0.15) is 22.3 Å². The molecule has 0 aliphatic heterocycles. The molecule has 0 heterocycles. The first kappa shape index (κ1) is 11.5.